The van der Waals surface area contributed by atoms with Gasteiger partial charge in [0.05, 0.1) is 6.61 Å². The van der Waals surface area contributed by atoms with Gasteiger partial charge < -0.3 is 9.47 Å². The van der Waals surface area contributed by atoms with E-state index < -0.39 is 23.2 Å². The summed E-state index contributed by atoms with van der Waals surface area (Å²) in [6.45, 7) is 4.95. The fourth-order valence-corrected chi connectivity index (χ4v) is 2.67. The minimum atomic E-state index is -1.07. The van der Waals surface area contributed by atoms with E-state index in [1.54, 1.807) is 24.3 Å². The van der Waals surface area contributed by atoms with E-state index in [0.717, 1.165) is 35.4 Å². The molecular weight excluding hydrogens is 374 g/mol. The van der Waals surface area contributed by atoms with Crippen molar-refractivity contribution in [3.63, 3.8) is 0 Å². The first-order valence-electron chi connectivity index (χ1n) is 9.47. The van der Waals surface area contributed by atoms with Crippen LogP contribution >= 0.6 is 0 Å². The third-order valence-electron chi connectivity index (χ3n) is 4.65. The molecule has 0 saturated heterocycles. The second-order valence-corrected chi connectivity index (χ2v) is 6.86. The van der Waals surface area contributed by atoms with E-state index >= 15 is 0 Å². The predicted molar refractivity (Wildman–Crippen MR) is 108 cm³/mol. The molecule has 0 bridgehead atoms. The van der Waals surface area contributed by atoms with Gasteiger partial charge in [-0.1, -0.05) is 50.6 Å². The molecule has 5 heteroatoms. The van der Waals surface area contributed by atoms with Crippen LogP contribution in [0.4, 0.5) is 8.78 Å². The van der Waals surface area contributed by atoms with Crippen molar-refractivity contribution in [2.24, 2.45) is 5.92 Å². The van der Waals surface area contributed by atoms with Gasteiger partial charge in [-0.05, 0) is 53.4 Å². The molecule has 0 amide bonds. The molecule has 0 N–H and O–H groups in total. The van der Waals surface area contributed by atoms with Gasteiger partial charge in [0.25, 0.3) is 0 Å². The molecule has 0 aliphatic rings. The highest BCUT2D eigenvalue weighted by Gasteiger charge is 2.19. The average molecular weight is 396 g/mol. The summed E-state index contributed by atoms with van der Waals surface area (Å²) >= 11 is 0. The van der Waals surface area contributed by atoms with E-state index in [1.807, 2.05) is 24.3 Å². The van der Waals surface area contributed by atoms with Crippen LogP contribution in [0.2, 0.25) is 0 Å². The van der Waals surface area contributed by atoms with Crippen LogP contribution in [0.5, 0.6) is 11.5 Å². The largest absolute Gasteiger partial charge is 0.493 e. The van der Waals surface area contributed by atoms with Crippen molar-refractivity contribution in [1.29, 1.82) is 0 Å². The summed E-state index contributed by atoms with van der Waals surface area (Å²) in [7, 11) is 0. The van der Waals surface area contributed by atoms with Crippen LogP contribution in [-0.2, 0) is 0 Å². The predicted octanol–water partition coefficient (Wildman–Crippen LogP) is 6.28. The number of benzene rings is 3. The number of hydrogen-bond acceptors (Lipinski definition) is 3. The Bertz CT molecular complexity index is 946. The fraction of sp³-hybridized carbons (Fsp3) is 0.208. The van der Waals surface area contributed by atoms with Crippen LogP contribution in [0, 0.1) is 17.6 Å². The SMILES string of the molecule is CC[C@H](C)COc1ccc(-c2ccc(OC(=O)c3c(F)cccc3F)cc2)cc1. The molecular formula is C24H22F2O3. The molecule has 150 valence electrons. The Labute approximate surface area is 168 Å². The van der Waals surface area contributed by atoms with Crippen LogP contribution < -0.4 is 9.47 Å². The van der Waals surface area contributed by atoms with E-state index in [0.29, 0.717) is 12.5 Å². The monoisotopic (exact) mass is 396 g/mol. The third-order valence-corrected chi connectivity index (χ3v) is 4.65. The zero-order valence-electron chi connectivity index (χ0n) is 16.3. The lowest BCUT2D eigenvalue weighted by molar-refractivity contribution is 0.0724. The highest BCUT2D eigenvalue weighted by molar-refractivity contribution is 5.91. The van der Waals surface area contributed by atoms with Gasteiger partial charge in [-0.3, -0.25) is 0 Å². The number of rotatable bonds is 7. The molecule has 3 aromatic rings. The molecule has 0 radical (unpaired) electrons. The summed E-state index contributed by atoms with van der Waals surface area (Å²) in [4.78, 5) is 12.1. The number of carbonyl (C=O) groups is 1. The van der Waals surface area contributed by atoms with E-state index in [4.69, 9.17) is 9.47 Å². The van der Waals surface area contributed by atoms with E-state index in [9.17, 15) is 13.6 Å². The van der Waals surface area contributed by atoms with E-state index in [-0.39, 0.29) is 5.75 Å². The van der Waals surface area contributed by atoms with Crippen LogP contribution in [-0.4, -0.2) is 12.6 Å². The standard InChI is InChI=1S/C24H22F2O3/c1-3-16(2)15-28-19-11-7-17(8-12-19)18-9-13-20(14-10-18)29-24(27)23-21(25)5-4-6-22(23)26/h4-14,16H,3,15H2,1-2H3/t16-/m0/s1. The van der Waals surface area contributed by atoms with Crippen molar-refractivity contribution in [2.75, 3.05) is 6.61 Å². The zero-order valence-corrected chi connectivity index (χ0v) is 16.3. The topological polar surface area (TPSA) is 35.5 Å². The van der Waals surface area contributed by atoms with Crippen LogP contribution in [0.15, 0.2) is 66.7 Å². The molecule has 0 heterocycles. The maximum atomic E-state index is 13.7. The lowest BCUT2D eigenvalue weighted by Gasteiger charge is -2.11. The Morgan fingerprint density at radius 2 is 1.38 bits per heavy atom. The highest BCUT2D eigenvalue weighted by Crippen LogP contribution is 2.25. The Morgan fingerprint density at radius 3 is 1.90 bits per heavy atom. The minimum Gasteiger partial charge on any atom is -0.493 e. The third kappa shape index (κ3) is 5.19. The Hall–Kier alpha value is -3.21. The van der Waals surface area contributed by atoms with Crippen molar-refractivity contribution in [3.05, 3.63) is 83.9 Å². The van der Waals surface area contributed by atoms with Crippen molar-refractivity contribution in [3.8, 4) is 22.6 Å². The van der Waals surface area contributed by atoms with Crippen LogP contribution in [0.25, 0.3) is 11.1 Å². The normalized spacial score (nSPS) is 11.7. The van der Waals surface area contributed by atoms with Gasteiger partial charge >= 0.3 is 5.97 Å². The Morgan fingerprint density at radius 1 is 0.862 bits per heavy atom. The van der Waals surface area contributed by atoms with Gasteiger partial charge in [-0.15, -0.1) is 0 Å². The molecule has 0 aliphatic carbocycles. The smallest absolute Gasteiger partial charge is 0.349 e. The van der Waals surface area contributed by atoms with Crippen LogP contribution in [0.3, 0.4) is 0 Å². The summed E-state index contributed by atoms with van der Waals surface area (Å²) in [6.07, 6.45) is 1.07. The average Bonchev–Trinajstić information content (AvgIpc) is 2.73. The second kappa shape index (κ2) is 9.32. The highest BCUT2D eigenvalue weighted by atomic mass is 19.1. The quantitative estimate of drug-likeness (QED) is 0.348. The van der Waals surface area contributed by atoms with Crippen molar-refractivity contribution in [1.82, 2.24) is 0 Å². The van der Waals surface area contributed by atoms with Gasteiger partial charge in [0.2, 0.25) is 0 Å². The molecule has 0 saturated carbocycles. The zero-order chi connectivity index (χ0) is 20.8. The molecule has 0 unspecified atom stereocenters. The number of carbonyl (C=O) groups excluding carboxylic acids is 1. The number of esters is 1. The first kappa shape index (κ1) is 20.5. The van der Waals surface area contributed by atoms with Gasteiger partial charge in [-0.25, -0.2) is 13.6 Å². The molecule has 29 heavy (non-hydrogen) atoms. The Balaban J connectivity index is 1.66. The molecule has 0 aromatic heterocycles. The fourth-order valence-electron chi connectivity index (χ4n) is 2.67. The van der Waals surface area contributed by atoms with E-state index in [2.05, 4.69) is 13.8 Å². The summed E-state index contributed by atoms with van der Waals surface area (Å²) in [6, 6.07) is 17.6. The maximum Gasteiger partial charge on any atom is 0.349 e. The lowest BCUT2D eigenvalue weighted by Crippen LogP contribution is -2.13. The molecule has 3 nitrogen and oxygen atoms in total. The molecule has 3 rings (SSSR count). The molecule has 3 aromatic carbocycles. The second-order valence-electron chi connectivity index (χ2n) is 6.86. The van der Waals surface area contributed by atoms with Gasteiger partial charge in [0, 0.05) is 0 Å². The number of hydrogen-bond donors (Lipinski definition) is 0. The molecule has 1 atom stereocenters. The molecule has 0 aliphatic heterocycles. The van der Waals surface area contributed by atoms with Crippen molar-refractivity contribution >= 4 is 5.97 Å². The van der Waals surface area contributed by atoms with Crippen LogP contribution in [0.1, 0.15) is 30.6 Å². The molecule has 0 spiro atoms. The first-order valence-corrected chi connectivity index (χ1v) is 9.47. The van der Waals surface area contributed by atoms with Gasteiger partial charge in [0.15, 0.2) is 0 Å². The van der Waals surface area contributed by atoms with Gasteiger partial charge in [0.1, 0.15) is 28.7 Å². The Kier molecular flexibility index (Phi) is 6.60. The number of ether oxygens (including phenoxy) is 2. The van der Waals surface area contributed by atoms with Crippen molar-refractivity contribution < 1.29 is 23.0 Å². The summed E-state index contributed by atoms with van der Waals surface area (Å²) < 4.78 is 38.2. The summed E-state index contributed by atoms with van der Waals surface area (Å²) in [5.41, 5.74) is 1.18. The van der Waals surface area contributed by atoms with Crippen molar-refractivity contribution in [2.45, 2.75) is 20.3 Å². The van der Waals surface area contributed by atoms with Gasteiger partial charge in [-0.2, -0.15) is 0 Å². The lowest BCUT2D eigenvalue weighted by atomic mass is 10.1. The van der Waals surface area contributed by atoms with E-state index in [1.165, 1.54) is 6.07 Å². The maximum absolute atomic E-state index is 13.7. The minimum absolute atomic E-state index is 0.204. The summed E-state index contributed by atoms with van der Waals surface area (Å²) in [5.74, 6) is -1.47. The number of halogens is 2. The molecule has 0 fully saturated rings. The first-order chi connectivity index (χ1) is 14.0. The summed E-state index contributed by atoms with van der Waals surface area (Å²) in [5, 5.41) is 0.